The van der Waals surface area contributed by atoms with Crippen molar-refractivity contribution in [1.82, 2.24) is 20.5 Å². The van der Waals surface area contributed by atoms with Crippen LogP contribution in [0.1, 0.15) is 61.1 Å². The number of rotatable bonds is 7. The molecule has 1 unspecified atom stereocenters. The fraction of sp³-hybridized carbons (Fsp3) is 0.680. The number of aliphatic hydroxyl groups is 1. The summed E-state index contributed by atoms with van der Waals surface area (Å²) < 4.78 is 25.0. The maximum absolute atomic E-state index is 13.7. The van der Waals surface area contributed by atoms with Gasteiger partial charge in [0.15, 0.2) is 15.6 Å². The standard InChI is InChI=1S/C25H34N4O7S/c30-13-20(31)18(10-14-7-8-26-23(14)32)28-24(33)22-16-5-2-1-4-15(16)12-29(22)25(34)19-11-21-17(27-19)6-3-9-37(21,35)36/h11,14-16,18,22,27,30H,1-10,12-13H2,(H,26,32)(H,28,33)/t14-,15-,16-,18?,22-/m0/s1. The van der Waals surface area contributed by atoms with Crippen molar-refractivity contribution in [2.45, 2.75) is 68.3 Å². The van der Waals surface area contributed by atoms with Crippen molar-refractivity contribution in [1.29, 1.82) is 0 Å². The van der Waals surface area contributed by atoms with Crippen LogP contribution in [0.2, 0.25) is 0 Å². The van der Waals surface area contributed by atoms with Gasteiger partial charge in [0.05, 0.1) is 16.7 Å². The largest absolute Gasteiger partial charge is 0.389 e. The van der Waals surface area contributed by atoms with Crippen LogP contribution < -0.4 is 10.6 Å². The van der Waals surface area contributed by atoms with E-state index in [0.29, 0.717) is 38.0 Å². The smallest absolute Gasteiger partial charge is 0.271 e. The van der Waals surface area contributed by atoms with Crippen molar-refractivity contribution >= 4 is 33.3 Å². The molecule has 0 bridgehead atoms. The van der Waals surface area contributed by atoms with Gasteiger partial charge in [-0.2, -0.15) is 0 Å². The SMILES string of the molecule is O=C(CO)C(C[C@@H]1CCNC1=O)NC(=O)[C@@H]1[C@H]2CCCC[C@H]2CN1C(=O)c1cc2c([nH]1)CCCS2(=O)=O. The first kappa shape index (κ1) is 25.9. The summed E-state index contributed by atoms with van der Waals surface area (Å²) >= 11 is 0. The average Bonchev–Trinajstić information content (AvgIpc) is 3.59. The number of amides is 3. The highest BCUT2D eigenvalue weighted by Crippen LogP contribution is 2.41. The van der Waals surface area contributed by atoms with E-state index in [0.717, 1.165) is 25.7 Å². The van der Waals surface area contributed by atoms with Crippen LogP contribution in [-0.2, 0) is 30.6 Å². The molecule has 4 aliphatic rings. The molecule has 3 amide bonds. The number of aliphatic hydroxyl groups excluding tert-OH is 1. The molecule has 0 spiro atoms. The van der Waals surface area contributed by atoms with Crippen LogP contribution in [0.25, 0.3) is 0 Å². The normalized spacial score (nSPS) is 29.2. The maximum Gasteiger partial charge on any atom is 0.271 e. The summed E-state index contributed by atoms with van der Waals surface area (Å²) in [5, 5.41) is 15.0. The second kappa shape index (κ2) is 10.2. The molecule has 1 saturated carbocycles. The van der Waals surface area contributed by atoms with Gasteiger partial charge in [-0.1, -0.05) is 12.8 Å². The van der Waals surface area contributed by atoms with Gasteiger partial charge in [0.1, 0.15) is 18.3 Å². The number of Topliss-reactive ketones (excluding diaryl/α,β-unsaturated/α-hetero) is 1. The van der Waals surface area contributed by atoms with E-state index >= 15 is 0 Å². The van der Waals surface area contributed by atoms with E-state index in [-0.39, 0.29) is 40.5 Å². The quantitative estimate of drug-likeness (QED) is 0.380. The number of hydrogen-bond donors (Lipinski definition) is 4. The van der Waals surface area contributed by atoms with E-state index in [1.807, 2.05) is 0 Å². The fourth-order valence-corrected chi connectivity index (χ4v) is 8.14. The van der Waals surface area contributed by atoms with Crippen LogP contribution in [0, 0.1) is 17.8 Å². The Balaban J connectivity index is 1.40. The molecule has 4 heterocycles. The summed E-state index contributed by atoms with van der Waals surface area (Å²) in [6.45, 7) is 0.116. The van der Waals surface area contributed by atoms with Crippen LogP contribution in [-0.4, -0.2) is 84.4 Å². The number of H-pyrrole nitrogens is 1. The molecule has 5 rings (SSSR count). The summed E-state index contributed by atoms with van der Waals surface area (Å²) in [7, 11) is -3.45. The van der Waals surface area contributed by atoms with E-state index < -0.39 is 52.0 Å². The number of carbonyl (C=O) groups is 4. The Labute approximate surface area is 215 Å². The lowest BCUT2D eigenvalue weighted by molar-refractivity contribution is -0.133. The topological polar surface area (TPSA) is 166 Å². The molecule has 12 heteroatoms. The number of ketones is 1. The molecule has 0 radical (unpaired) electrons. The summed E-state index contributed by atoms with van der Waals surface area (Å²) in [4.78, 5) is 56.6. The van der Waals surface area contributed by atoms with E-state index in [1.54, 1.807) is 0 Å². The molecular formula is C25H34N4O7S. The van der Waals surface area contributed by atoms with Crippen molar-refractivity contribution in [2.24, 2.45) is 17.8 Å². The van der Waals surface area contributed by atoms with Gasteiger partial charge in [0.2, 0.25) is 11.8 Å². The second-order valence-corrected chi connectivity index (χ2v) is 12.8. The van der Waals surface area contributed by atoms with Gasteiger partial charge in [-0.05, 0) is 56.4 Å². The highest BCUT2D eigenvalue weighted by molar-refractivity contribution is 7.91. The fourth-order valence-electron chi connectivity index (χ4n) is 6.57. The molecule has 2 saturated heterocycles. The van der Waals surface area contributed by atoms with Crippen molar-refractivity contribution < 1.29 is 32.7 Å². The van der Waals surface area contributed by atoms with Crippen LogP contribution in [0.4, 0.5) is 0 Å². The average molecular weight is 535 g/mol. The molecule has 5 atom stereocenters. The zero-order chi connectivity index (χ0) is 26.3. The Morgan fingerprint density at radius 2 is 1.95 bits per heavy atom. The lowest BCUT2D eigenvalue weighted by Crippen LogP contribution is -2.54. The van der Waals surface area contributed by atoms with Crippen molar-refractivity contribution in [3.05, 3.63) is 17.5 Å². The molecule has 0 aromatic carbocycles. The number of carbonyl (C=O) groups excluding carboxylic acids is 4. The van der Waals surface area contributed by atoms with E-state index in [4.69, 9.17) is 0 Å². The van der Waals surface area contributed by atoms with E-state index in [2.05, 4.69) is 15.6 Å². The number of aromatic amines is 1. The second-order valence-electron chi connectivity index (χ2n) is 10.8. The van der Waals surface area contributed by atoms with Gasteiger partial charge in [-0.25, -0.2) is 8.42 Å². The van der Waals surface area contributed by atoms with Gasteiger partial charge in [-0.15, -0.1) is 0 Å². The first-order valence-electron chi connectivity index (χ1n) is 13.2. The summed E-state index contributed by atoms with van der Waals surface area (Å²) in [5.41, 5.74) is 0.674. The van der Waals surface area contributed by atoms with Crippen LogP contribution in [0.5, 0.6) is 0 Å². The zero-order valence-corrected chi connectivity index (χ0v) is 21.5. The lowest BCUT2D eigenvalue weighted by Gasteiger charge is -2.31. The number of likely N-dealkylation sites (tertiary alicyclic amines) is 1. The monoisotopic (exact) mass is 534 g/mol. The molecule has 37 heavy (non-hydrogen) atoms. The third-order valence-electron chi connectivity index (χ3n) is 8.48. The Morgan fingerprint density at radius 1 is 1.16 bits per heavy atom. The van der Waals surface area contributed by atoms with Crippen molar-refractivity contribution in [3.8, 4) is 0 Å². The number of nitrogens with one attached hydrogen (secondary N) is 3. The summed E-state index contributed by atoms with van der Waals surface area (Å²) in [6, 6.07) is -0.463. The number of aryl methyl sites for hydroxylation is 1. The van der Waals surface area contributed by atoms with Crippen LogP contribution in [0.3, 0.4) is 0 Å². The predicted octanol–water partition coefficient (Wildman–Crippen LogP) is -0.0622. The zero-order valence-electron chi connectivity index (χ0n) is 20.7. The minimum atomic E-state index is -3.45. The predicted molar refractivity (Wildman–Crippen MR) is 131 cm³/mol. The number of sulfone groups is 1. The first-order chi connectivity index (χ1) is 17.7. The Hall–Kier alpha value is -2.73. The lowest BCUT2D eigenvalue weighted by atomic mass is 9.78. The molecule has 3 aliphatic heterocycles. The Morgan fingerprint density at radius 3 is 2.65 bits per heavy atom. The Bertz CT molecular complexity index is 1210. The summed E-state index contributed by atoms with van der Waals surface area (Å²) in [5.74, 6) is -2.00. The number of aromatic nitrogens is 1. The number of hydrogen-bond acceptors (Lipinski definition) is 7. The molecule has 11 nitrogen and oxygen atoms in total. The van der Waals surface area contributed by atoms with Gasteiger partial charge in [-0.3, -0.25) is 19.2 Å². The van der Waals surface area contributed by atoms with Crippen LogP contribution in [0.15, 0.2) is 11.0 Å². The van der Waals surface area contributed by atoms with Crippen molar-refractivity contribution in [2.75, 3.05) is 25.4 Å². The highest BCUT2D eigenvalue weighted by Gasteiger charge is 2.49. The minimum Gasteiger partial charge on any atom is -0.389 e. The number of nitrogens with zero attached hydrogens (tertiary/aromatic N) is 1. The minimum absolute atomic E-state index is 0.0453. The third kappa shape index (κ3) is 4.93. The van der Waals surface area contributed by atoms with Crippen LogP contribution >= 0.6 is 0 Å². The molecule has 3 fully saturated rings. The molecule has 202 valence electrons. The van der Waals surface area contributed by atoms with Gasteiger partial charge in [0, 0.05) is 24.7 Å². The van der Waals surface area contributed by atoms with Gasteiger partial charge < -0.3 is 25.6 Å². The van der Waals surface area contributed by atoms with Gasteiger partial charge in [0.25, 0.3) is 5.91 Å². The highest BCUT2D eigenvalue weighted by atomic mass is 32.2. The van der Waals surface area contributed by atoms with E-state index in [1.165, 1.54) is 11.0 Å². The molecule has 1 aromatic rings. The third-order valence-corrected chi connectivity index (χ3v) is 10.3. The Kier molecular flexibility index (Phi) is 7.14. The summed E-state index contributed by atoms with van der Waals surface area (Å²) in [6.07, 6.45) is 5.26. The van der Waals surface area contributed by atoms with Gasteiger partial charge >= 0.3 is 0 Å². The first-order valence-corrected chi connectivity index (χ1v) is 14.8. The molecule has 1 aromatic heterocycles. The van der Waals surface area contributed by atoms with Crippen molar-refractivity contribution in [3.63, 3.8) is 0 Å². The molecule has 1 aliphatic carbocycles. The molecular weight excluding hydrogens is 500 g/mol. The molecule has 4 N–H and O–H groups in total. The number of fused-ring (bicyclic) bond motifs is 2. The maximum atomic E-state index is 13.7. The van der Waals surface area contributed by atoms with E-state index in [9.17, 15) is 32.7 Å².